The summed E-state index contributed by atoms with van der Waals surface area (Å²) >= 11 is 0. The van der Waals surface area contributed by atoms with Crippen molar-refractivity contribution in [2.75, 3.05) is 26.2 Å². The molecule has 0 radical (unpaired) electrons. The summed E-state index contributed by atoms with van der Waals surface area (Å²) < 4.78 is 0. The van der Waals surface area contributed by atoms with Crippen LogP contribution in [-0.4, -0.2) is 53.1 Å². The van der Waals surface area contributed by atoms with E-state index in [2.05, 4.69) is 4.90 Å². The molecule has 0 spiro atoms. The van der Waals surface area contributed by atoms with E-state index >= 15 is 0 Å². The summed E-state index contributed by atoms with van der Waals surface area (Å²) in [5.74, 6) is 0.202. The zero-order chi connectivity index (χ0) is 14.7. The Balaban J connectivity index is 1.85. The lowest BCUT2D eigenvalue weighted by Crippen LogP contribution is -2.47. The van der Waals surface area contributed by atoms with Crippen molar-refractivity contribution in [3.05, 3.63) is 35.9 Å². The molecular formula is C17H24N2O2. The minimum Gasteiger partial charge on any atom is -0.392 e. The van der Waals surface area contributed by atoms with E-state index in [1.54, 1.807) is 0 Å². The summed E-state index contributed by atoms with van der Waals surface area (Å²) in [5.41, 5.74) is 1.04. The zero-order valence-corrected chi connectivity index (χ0v) is 12.4. The predicted octanol–water partition coefficient (Wildman–Crippen LogP) is 1.81. The van der Waals surface area contributed by atoms with Gasteiger partial charge in [-0.3, -0.25) is 9.69 Å². The van der Waals surface area contributed by atoms with Crippen molar-refractivity contribution in [2.45, 2.75) is 37.8 Å². The first-order valence-electron chi connectivity index (χ1n) is 8.01. The van der Waals surface area contributed by atoms with Gasteiger partial charge in [0.25, 0.3) is 0 Å². The molecule has 21 heavy (non-hydrogen) atoms. The van der Waals surface area contributed by atoms with Crippen LogP contribution in [0.25, 0.3) is 0 Å². The third-order valence-electron chi connectivity index (χ3n) is 4.56. The molecule has 2 fully saturated rings. The largest absolute Gasteiger partial charge is 0.392 e. The van der Waals surface area contributed by atoms with E-state index in [4.69, 9.17) is 0 Å². The summed E-state index contributed by atoms with van der Waals surface area (Å²) in [6, 6.07) is 9.77. The Morgan fingerprint density at radius 2 is 1.81 bits per heavy atom. The fourth-order valence-corrected chi connectivity index (χ4v) is 3.47. The van der Waals surface area contributed by atoms with Crippen LogP contribution < -0.4 is 0 Å². The maximum atomic E-state index is 13.0. The number of benzene rings is 1. The highest BCUT2D eigenvalue weighted by Crippen LogP contribution is 2.28. The Hall–Kier alpha value is -1.39. The molecule has 1 amide bonds. The second-order valence-corrected chi connectivity index (χ2v) is 6.14. The van der Waals surface area contributed by atoms with E-state index in [1.807, 2.05) is 35.2 Å². The summed E-state index contributed by atoms with van der Waals surface area (Å²) in [5, 5.41) is 9.96. The van der Waals surface area contributed by atoms with Crippen molar-refractivity contribution in [2.24, 2.45) is 0 Å². The molecule has 0 aliphatic carbocycles. The van der Waals surface area contributed by atoms with E-state index in [0.717, 1.165) is 50.9 Å². The Morgan fingerprint density at radius 1 is 1.10 bits per heavy atom. The molecule has 1 aromatic carbocycles. The Labute approximate surface area is 126 Å². The molecule has 3 rings (SSSR count). The highest BCUT2D eigenvalue weighted by molar-refractivity contribution is 5.83. The number of piperidine rings is 1. The quantitative estimate of drug-likeness (QED) is 0.922. The highest BCUT2D eigenvalue weighted by atomic mass is 16.3. The molecule has 2 aliphatic heterocycles. The van der Waals surface area contributed by atoms with Crippen molar-refractivity contribution in [3.63, 3.8) is 0 Å². The lowest BCUT2D eigenvalue weighted by atomic mass is 9.99. The van der Waals surface area contributed by atoms with Gasteiger partial charge in [0.1, 0.15) is 6.04 Å². The van der Waals surface area contributed by atoms with Crippen molar-refractivity contribution >= 4 is 5.91 Å². The van der Waals surface area contributed by atoms with E-state index in [1.165, 1.54) is 0 Å². The number of hydrogen-bond acceptors (Lipinski definition) is 3. The predicted molar refractivity (Wildman–Crippen MR) is 81.8 cm³/mol. The lowest BCUT2D eigenvalue weighted by Gasteiger charge is -2.37. The van der Waals surface area contributed by atoms with Crippen molar-refractivity contribution in [1.82, 2.24) is 9.80 Å². The van der Waals surface area contributed by atoms with Gasteiger partial charge in [0.05, 0.1) is 6.10 Å². The van der Waals surface area contributed by atoms with Gasteiger partial charge in [-0.1, -0.05) is 30.3 Å². The van der Waals surface area contributed by atoms with E-state index in [9.17, 15) is 9.90 Å². The number of aliphatic hydroxyl groups is 1. The van der Waals surface area contributed by atoms with E-state index < -0.39 is 0 Å². The monoisotopic (exact) mass is 288 g/mol. The van der Waals surface area contributed by atoms with Crippen LogP contribution >= 0.6 is 0 Å². The number of amides is 1. The average molecular weight is 288 g/mol. The summed E-state index contributed by atoms with van der Waals surface area (Å²) in [4.78, 5) is 17.1. The van der Waals surface area contributed by atoms with Gasteiger partial charge in [0, 0.05) is 19.6 Å². The number of rotatable bonds is 3. The number of carbonyl (C=O) groups is 1. The molecule has 0 aromatic heterocycles. The number of aliphatic hydroxyl groups excluding tert-OH is 1. The molecule has 4 nitrogen and oxygen atoms in total. The van der Waals surface area contributed by atoms with E-state index in [-0.39, 0.29) is 18.1 Å². The number of β-amino-alcohol motifs (C(OH)–C–C–N with tert-alkyl or cyclic N) is 1. The van der Waals surface area contributed by atoms with Crippen LogP contribution in [0.15, 0.2) is 30.3 Å². The fraction of sp³-hybridized carbons (Fsp3) is 0.588. The third-order valence-corrected chi connectivity index (χ3v) is 4.56. The summed E-state index contributed by atoms with van der Waals surface area (Å²) in [6.45, 7) is 3.23. The van der Waals surface area contributed by atoms with Crippen LogP contribution in [0.5, 0.6) is 0 Å². The molecule has 2 aliphatic rings. The van der Waals surface area contributed by atoms with Gasteiger partial charge in [-0.05, 0) is 37.8 Å². The minimum atomic E-state index is -0.309. The first-order chi connectivity index (χ1) is 10.3. The van der Waals surface area contributed by atoms with Crippen LogP contribution in [0.3, 0.4) is 0 Å². The molecule has 2 atom stereocenters. The molecule has 2 heterocycles. The van der Waals surface area contributed by atoms with Crippen molar-refractivity contribution < 1.29 is 9.90 Å². The van der Waals surface area contributed by atoms with Crippen molar-refractivity contribution in [1.29, 1.82) is 0 Å². The molecule has 2 saturated heterocycles. The molecule has 1 N–H and O–H groups in total. The number of nitrogens with zero attached hydrogens (tertiary/aromatic N) is 2. The van der Waals surface area contributed by atoms with Crippen LogP contribution in [0.4, 0.5) is 0 Å². The molecule has 0 saturated carbocycles. The number of carbonyl (C=O) groups excluding carboxylic acids is 1. The Morgan fingerprint density at radius 3 is 2.48 bits per heavy atom. The summed E-state index contributed by atoms with van der Waals surface area (Å²) in [6.07, 6.45) is 3.70. The Kier molecular flexibility index (Phi) is 4.56. The van der Waals surface area contributed by atoms with Gasteiger partial charge in [-0.15, -0.1) is 0 Å². The molecule has 0 bridgehead atoms. The van der Waals surface area contributed by atoms with Crippen LogP contribution in [0.1, 0.15) is 37.3 Å². The molecule has 4 heteroatoms. The van der Waals surface area contributed by atoms with Gasteiger partial charge in [0.15, 0.2) is 0 Å². The SMILES string of the molecule is O=C(C(c1ccccc1)N1CCCC(O)C1)N1CCCC1. The van der Waals surface area contributed by atoms with Gasteiger partial charge >= 0.3 is 0 Å². The zero-order valence-electron chi connectivity index (χ0n) is 12.4. The van der Waals surface area contributed by atoms with Gasteiger partial charge in [-0.2, -0.15) is 0 Å². The van der Waals surface area contributed by atoms with Crippen LogP contribution in [-0.2, 0) is 4.79 Å². The van der Waals surface area contributed by atoms with Crippen LogP contribution in [0, 0.1) is 0 Å². The number of hydrogen-bond donors (Lipinski definition) is 1. The third kappa shape index (κ3) is 3.27. The first-order valence-corrected chi connectivity index (χ1v) is 8.01. The highest BCUT2D eigenvalue weighted by Gasteiger charge is 2.34. The maximum absolute atomic E-state index is 13.0. The first kappa shape index (κ1) is 14.5. The summed E-state index contributed by atoms with van der Waals surface area (Å²) in [7, 11) is 0. The number of likely N-dealkylation sites (tertiary alicyclic amines) is 2. The standard InChI is InChI=1S/C17H24N2O2/c20-15-9-6-12-19(13-15)16(14-7-2-1-3-8-14)17(21)18-10-4-5-11-18/h1-3,7-8,15-16,20H,4-6,9-13H2. The minimum absolute atomic E-state index is 0.202. The van der Waals surface area contributed by atoms with Gasteiger partial charge < -0.3 is 10.0 Å². The molecule has 2 unspecified atom stereocenters. The molecule has 1 aromatic rings. The van der Waals surface area contributed by atoms with Crippen molar-refractivity contribution in [3.8, 4) is 0 Å². The van der Waals surface area contributed by atoms with Gasteiger partial charge in [-0.25, -0.2) is 0 Å². The molecule has 114 valence electrons. The normalized spacial score (nSPS) is 25.0. The lowest BCUT2D eigenvalue weighted by molar-refractivity contribution is -0.137. The second kappa shape index (κ2) is 6.58. The van der Waals surface area contributed by atoms with Gasteiger partial charge in [0.2, 0.25) is 5.91 Å². The maximum Gasteiger partial charge on any atom is 0.244 e. The average Bonchev–Trinajstić information content (AvgIpc) is 3.03. The van der Waals surface area contributed by atoms with Crippen LogP contribution in [0.2, 0.25) is 0 Å². The smallest absolute Gasteiger partial charge is 0.244 e. The molecular weight excluding hydrogens is 264 g/mol. The van der Waals surface area contributed by atoms with E-state index in [0.29, 0.717) is 6.54 Å². The Bertz CT molecular complexity index is 471. The fourth-order valence-electron chi connectivity index (χ4n) is 3.47. The second-order valence-electron chi connectivity index (χ2n) is 6.14. The topological polar surface area (TPSA) is 43.8 Å².